The minimum Gasteiger partial charge on any atom is -0.325 e. The van der Waals surface area contributed by atoms with Crippen molar-refractivity contribution in [2.75, 3.05) is 12.4 Å². The number of rotatable bonds is 3. The molecule has 1 N–H and O–H groups in total. The quantitative estimate of drug-likeness (QED) is 0.665. The molecule has 5 rings (SSSR count). The van der Waals surface area contributed by atoms with E-state index in [1.807, 2.05) is 18.0 Å². The first kappa shape index (κ1) is 23.1. The number of likely N-dealkylation sites (tertiary alicyclic amines) is 1. The third-order valence-corrected chi connectivity index (χ3v) is 10.1. The number of carbonyl (C=O) groups excluding carboxylic acids is 2. The Kier molecular flexibility index (Phi) is 5.58. The first-order valence-electron chi connectivity index (χ1n) is 12.8. The molecule has 0 bridgehead atoms. The van der Waals surface area contributed by atoms with Gasteiger partial charge in [0.05, 0.1) is 11.9 Å². The van der Waals surface area contributed by atoms with Crippen LogP contribution in [0.4, 0.5) is 5.69 Å². The molecule has 3 aliphatic carbocycles. The molecule has 1 aromatic rings. The second-order valence-electron chi connectivity index (χ2n) is 11.7. The van der Waals surface area contributed by atoms with E-state index < -0.39 is 0 Å². The van der Waals surface area contributed by atoms with Gasteiger partial charge in [0.25, 0.3) is 0 Å². The normalized spacial score (nSPS) is 36.9. The Morgan fingerprint density at radius 2 is 2.03 bits per heavy atom. The van der Waals surface area contributed by atoms with Crippen molar-refractivity contribution >= 4 is 17.5 Å². The highest BCUT2D eigenvalue weighted by molar-refractivity contribution is 5.90. The molecular weight excluding hydrogens is 424 g/mol. The van der Waals surface area contributed by atoms with Crippen LogP contribution in [-0.4, -0.2) is 28.7 Å². The first-order valence-corrected chi connectivity index (χ1v) is 12.8. The lowest BCUT2D eigenvalue weighted by Gasteiger charge is -2.59. The van der Waals surface area contributed by atoms with Crippen molar-refractivity contribution in [2.45, 2.75) is 72.1 Å². The van der Waals surface area contributed by atoms with Gasteiger partial charge in [-0.05, 0) is 86.7 Å². The molecule has 0 spiro atoms. The van der Waals surface area contributed by atoms with Crippen LogP contribution in [0.25, 0.3) is 0 Å². The smallest absolute Gasteiger partial charge is 0.226 e. The van der Waals surface area contributed by atoms with E-state index in [4.69, 9.17) is 5.26 Å². The van der Waals surface area contributed by atoms with Gasteiger partial charge in [-0.2, -0.15) is 5.26 Å². The molecule has 1 saturated heterocycles. The number of amides is 2. The van der Waals surface area contributed by atoms with Gasteiger partial charge >= 0.3 is 0 Å². The summed E-state index contributed by atoms with van der Waals surface area (Å²) < 4.78 is 0. The molecule has 34 heavy (non-hydrogen) atoms. The fraction of sp³-hybridized carbons (Fsp3) is 0.643. The number of fused-ring (bicyclic) bond motifs is 5. The van der Waals surface area contributed by atoms with E-state index in [-0.39, 0.29) is 22.6 Å². The standard InChI is InChI=1S/C28H36N4O2/c1-17-13-21-22-8-5-18(14-24(33)31-20-7-6-19(15-29)30-16-20)27(22,2)11-9-23(21)28(3)12-10-25(34)32(4)26(17)28/h6-7,16,18,21-23H,5,8-14H2,1-4H3,(H,31,33)/t18-,21+,22+,23+,27-,28-/m1/s1. The van der Waals surface area contributed by atoms with Gasteiger partial charge in [-0.15, -0.1) is 0 Å². The lowest BCUT2D eigenvalue weighted by molar-refractivity contribution is -0.136. The zero-order chi connectivity index (χ0) is 24.3. The SMILES string of the molecule is CC1=C2N(C)C(=O)CC[C@]2(C)[C@H]2CC[C@]3(C)[C@@H](CC(=O)Nc4ccc(C#N)nc4)CC[C@H]3[C@@H]2C1. The number of nitrogens with one attached hydrogen (secondary N) is 1. The number of nitrogens with zero attached hydrogens (tertiary/aromatic N) is 3. The number of anilines is 1. The average Bonchev–Trinajstić information content (AvgIpc) is 3.13. The molecule has 1 aliphatic heterocycles. The Morgan fingerprint density at radius 1 is 1.24 bits per heavy atom. The molecule has 0 unspecified atom stereocenters. The molecule has 0 aromatic carbocycles. The number of hydrogen-bond acceptors (Lipinski definition) is 4. The zero-order valence-electron chi connectivity index (χ0n) is 20.9. The van der Waals surface area contributed by atoms with Crippen molar-refractivity contribution in [1.82, 2.24) is 9.88 Å². The third kappa shape index (κ3) is 3.47. The van der Waals surface area contributed by atoms with E-state index >= 15 is 0 Å². The van der Waals surface area contributed by atoms with Gasteiger partial charge in [-0.1, -0.05) is 19.4 Å². The molecule has 180 valence electrons. The van der Waals surface area contributed by atoms with Gasteiger partial charge < -0.3 is 10.2 Å². The van der Waals surface area contributed by atoms with E-state index in [0.29, 0.717) is 47.9 Å². The van der Waals surface area contributed by atoms with Crippen LogP contribution in [0.1, 0.15) is 77.8 Å². The van der Waals surface area contributed by atoms with Crippen molar-refractivity contribution in [3.8, 4) is 6.07 Å². The van der Waals surface area contributed by atoms with Crippen LogP contribution in [0.5, 0.6) is 0 Å². The predicted molar refractivity (Wildman–Crippen MR) is 130 cm³/mol. The van der Waals surface area contributed by atoms with Crippen LogP contribution in [0.3, 0.4) is 0 Å². The van der Waals surface area contributed by atoms with Crippen molar-refractivity contribution in [3.05, 3.63) is 35.3 Å². The number of hydrogen-bond donors (Lipinski definition) is 1. The molecule has 1 aromatic heterocycles. The molecule has 4 aliphatic rings. The summed E-state index contributed by atoms with van der Waals surface area (Å²) in [5.74, 6) is 2.59. The monoisotopic (exact) mass is 460 g/mol. The Hall–Kier alpha value is -2.68. The lowest BCUT2D eigenvalue weighted by Crippen LogP contribution is -2.54. The summed E-state index contributed by atoms with van der Waals surface area (Å²) in [6.45, 7) is 7.10. The highest BCUT2D eigenvalue weighted by Crippen LogP contribution is 2.67. The summed E-state index contributed by atoms with van der Waals surface area (Å²) in [5, 5.41) is 11.9. The molecule has 2 heterocycles. The summed E-state index contributed by atoms with van der Waals surface area (Å²) in [6, 6.07) is 5.38. The van der Waals surface area contributed by atoms with Crippen LogP contribution < -0.4 is 5.32 Å². The van der Waals surface area contributed by atoms with Crippen molar-refractivity contribution in [2.24, 2.45) is 34.5 Å². The van der Waals surface area contributed by atoms with E-state index in [2.05, 4.69) is 31.1 Å². The van der Waals surface area contributed by atoms with Gasteiger partial charge in [0.2, 0.25) is 11.8 Å². The second-order valence-corrected chi connectivity index (χ2v) is 11.7. The second kappa shape index (κ2) is 8.22. The minimum absolute atomic E-state index is 0.0434. The molecule has 2 saturated carbocycles. The predicted octanol–water partition coefficient (Wildman–Crippen LogP) is 5.28. The van der Waals surface area contributed by atoms with Crippen LogP contribution in [0, 0.1) is 45.8 Å². The number of pyridine rings is 1. The van der Waals surface area contributed by atoms with Gasteiger partial charge in [0.1, 0.15) is 11.8 Å². The van der Waals surface area contributed by atoms with Crippen molar-refractivity contribution in [3.63, 3.8) is 0 Å². The Bertz CT molecular complexity index is 1090. The zero-order valence-corrected chi connectivity index (χ0v) is 20.9. The largest absolute Gasteiger partial charge is 0.325 e. The maximum absolute atomic E-state index is 12.9. The summed E-state index contributed by atoms with van der Waals surface area (Å²) >= 11 is 0. The number of carbonyl (C=O) groups is 2. The summed E-state index contributed by atoms with van der Waals surface area (Å²) in [5.41, 5.74) is 3.98. The summed E-state index contributed by atoms with van der Waals surface area (Å²) in [6.07, 6.45) is 9.46. The fourth-order valence-corrected chi connectivity index (χ4v) is 8.52. The van der Waals surface area contributed by atoms with Gasteiger partial charge in [-0.25, -0.2) is 4.98 Å². The van der Waals surface area contributed by atoms with Gasteiger partial charge in [-0.3, -0.25) is 9.59 Å². The summed E-state index contributed by atoms with van der Waals surface area (Å²) in [7, 11) is 1.97. The van der Waals surface area contributed by atoms with E-state index in [9.17, 15) is 9.59 Å². The van der Waals surface area contributed by atoms with Gasteiger partial charge in [0.15, 0.2) is 0 Å². The number of aromatic nitrogens is 1. The first-order chi connectivity index (χ1) is 16.2. The van der Waals surface area contributed by atoms with Crippen LogP contribution in [0.15, 0.2) is 29.6 Å². The van der Waals surface area contributed by atoms with Crippen LogP contribution in [0.2, 0.25) is 0 Å². The molecule has 2 amide bonds. The maximum atomic E-state index is 12.9. The fourth-order valence-electron chi connectivity index (χ4n) is 8.52. The van der Waals surface area contributed by atoms with E-state index in [0.717, 1.165) is 25.7 Å². The molecule has 6 nitrogen and oxygen atoms in total. The number of nitriles is 1. The highest BCUT2D eigenvalue weighted by Gasteiger charge is 2.60. The number of piperidine rings is 1. The minimum atomic E-state index is 0.0434. The Labute approximate surface area is 202 Å². The molecule has 3 fully saturated rings. The topological polar surface area (TPSA) is 86.1 Å². The average molecular weight is 461 g/mol. The van der Waals surface area contributed by atoms with E-state index in [1.54, 1.807) is 18.3 Å². The molecule has 6 heteroatoms. The summed E-state index contributed by atoms with van der Waals surface area (Å²) in [4.78, 5) is 31.4. The van der Waals surface area contributed by atoms with Crippen LogP contribution >= 0.6 is 0 Å². The van der Waals surface area contributed by atoms with Crippen LogP contribution in [-0.2, 0) is 9.59 Å². The van der Waals surface area contributed by atoms with Crippen molar-refractivity contribution in [1.29, 1.82) is 5.26 Å². The molecule has 0 radical (unpaired) electrons. The Morgan fingerprint density at radius 3 is 2.74 bits per heavy atom. The Balaban J connectivity index is 1.33. The lowest BCUT2D eigenvalue weighted by atomic mass is 9.48. The number of allylic oxidation sites excluding steroid dienone is 2. The molecule has 6 atom stereocenters. The van der Waals surface area contributed by atoms with Crippen molar-refractivity contribution < 1.29 is 9.59 Å². The third-order valence-electron chi connectivity index (χ3n) is 10.1. The molecular formula is C28H36N4O2. The van der Waals surface area contributed by atoms with Gasteiger partial charge in [0, 0.05) is 31.0 Å². The maximum Gasteiger partial charge on any atom is 0.226 e. The van der Waals surface area contributed by atoms with E-state index in [1.165, 1.54) is 24.1 Å². The highest BCUT2D eigenvalue weighted by atomic mass is 16.2.